The lowest BCUT2D eigenvalue weighted by atomic mass is 10.1. The zero-order valence-corrected chi connectivity index (χ0v) is 13.4. The molecular formula is C17H16N6O2. The Morgan fingerprint density at radius 1 is 1.20 bits per heavy atom. The van der Waals surface area contributed by atoms with Crippen molar-refractivity contribution in [1.82, 2.24) is 19.7 Å². The van der Waals surface area contributed by atoms with Crippen LogP contribution in [0.15, 0.2) is 42.9 Å². The van der Waals surface area contributed by atoms with E-state index >= 15 is 0 Å². The zero-order valence-electron chi connectivity index (χ0n) is 13.4. The van der Waals surface area contributed by atoms with Gasteiger partial charge in [-0.2, -0.15) is 5.10 Å². The average molecular weight is 336 g/mol. The molecule has 0 fully saturated rings. The fourth-order valence-corrected chi connectivity index (χ4v) is 3.10. The van der Waals surface area contributed by atoms with Gasteiger partial charge in [-0.05, 0) is 25.3 Å². The predicted molar refractivity (Wildman–Crippen MR) is 92.7 cm³/mol. The first kappa shape index (κ1) is 15.3. The molecule has 0 saturated heterocycles. The van der Waals surface area contributed by atoms with Crippen molar-refractivity contribution in [2.24, 2.45) is 0 Å². The molecular weight excluding hydrogens is 320 g/mol. The van der Waals surface area contributed by atoms with Gasteiger partial charge in [0.25, 0.3) is 5.69 Å². The number of benzene rings is 1. The molecule has 0 aliphatic carbocycles. The molecule has 0 spiro atoms. The molecule has 1 aromatic carbocycles. The molecule has 1 N–H and O–H groups in total. The Morgan fingerprint density at radius 2 is 2.08 bits per heavy atom. The van der Waals surface area contributed by atoms with Gasteiger partial charge in [0.2, 0.25) is 0 Å². The summed E-state index contributed by atoms with van der Waals surface area (Å²) in [5.41, 5.74) is 2.87. The number of nitro groups is 1. The van der Waals surface area contributed by atoms with Crippen LogP contribution in [0, 0.1) is 10.1 Å². The summed E-state index contributed by atoms with van der Waals surface area (Å²) in [5.74, 6) is 0.799. The Bertz CT molecular complexity index is 922. The van der Waals surface area contributed by atoms with Crippen molar-refractivity contribution in [3.8, 4) is 17.1 Å². The van der Waals surface area contributed by atoms with E-state index in [4.69, 9.17) is 0 Å². The highest BCUT2D eigenvalue weighted by molar-refractivity contribution is 5.70. The van der Waals surface area contributed by atoms with Crippen LogP contribution < -0.4 is 5.32 Å². The van der Waals surface area contributed by atoms with E-state index in [0.29, 0.717) is 11.4 Å². The molecule has 2 aromatic heterocycles. The molecule has 4 rings (SSSR count). The van der Waals surface area contributed by atoms with Crippen molar-refractivity contribution in [2.75, 3.05) is 11.9 Å². The second kappa shape index (κ2) is 6.31. The van der Waals surface area contributed by atoms with Crippen LogP contribution in [0.25, 0.3) is 17.1 Å². The number of hydrogen-bond donors (Lipinski definition) is 1. The number of para-hydroxylation sites is 2. The first-order chi connectivity index (χ1) is 12.3. The minimum absolute atomic E-state index is 0.0181. The number of nitrogens with zero attached hydrogens (tertiary/aromatic N) is 5. The molecule has 8 heteroatoms. The summed E-state index contributed by atoms with van der Waals surface area (Å²) in [5, 5.41) is 19.5. The van der Waals surface area contributed by atoms with Crippen LogP contribution in [0.3, 0.4) is 0 Å². The lowest BCUT2D eigenvalue weighted by Gasteiger charge is -2.09. The molecule has 1 aliphatic heterocycles. The number of nitrogens with one attached hydrogen (secondary N) is 1. The van der Waals surface area contributed by atoms with Crippen molar-refractivity contribution in [3.05, 3.63) is 58.5 Å². The van der Waals surface area contributed by atoms with Crippen LogP contribution in [0.2, 0.25) is 0 Å². The molecule has 126 valence electrons. The highest BCUT2D eigenvalue weighted by atomic mass is 16.6. The van der Waals surface area contributed by atoms with Gasteiger partial charge in [-0.1, -0.05) is 12.1 Å². The topological polar surface area (TPSA) is 98.8 Å². The van der Waals surface area contributed by atoms with E-state index in [1.165, 1.54) is 6.07 Å². The van der Waals surface area contributed by atoms with Crippen molar-refractivity contribution < 1.29 is 4.92 Å². The van der Waals surface area contributed by atoms with Crippen molar-refractivity contribution in [2.45, 2.75) is 19.3 Å². The van der Waals surface area contributed by atoms with Crippen molar-refractivity contribution in [3.63, 3.8) is 0 Å². The van der Waals surface area contributed by atoms with Crippen LogP contribution in [-0.4, -0.2) is 31.2 Å². The maximum Gasteiger partial charge on any atom is 0.294 e. The van der Waals surface area contributed by atoms with Gasteiger partial charge in [0.15, 0.2) is 0 Å². The van der Waals surface area contributed by atoms with E-state index in [9.17, 15) is 10.1 Å². The number of anilines is 1. The van der Waals surface area contributed by atoms with Crippen LogP contribution in [0.1, 0.15) is 18.4 Å². The summed E-state index contributed by atoms with van der Waals surface area (Å²) >= 11 is 0. The second-order valence-corrected chi connectivity index (χ2v) is 5.81. The van der Waals surface area contributed by atoms with Gasteiger partial charge in [-0.3, -0.25) is 20.1 Å². The van der Waals surface area contributed by atoms with Crippen LogP contribution >= 0.6 is 0 Å². The summed E-state index contributed by atoms with van der Waals surface area (Å²) in [7, 11) is 0. The van der Waals surface area contributed by atoms with Crippen LogP contribution in [0.4, 0.5) is 11.5 Å². The van der Waals surface area contributed by atoms with Gasteiger partial charge in [0.1, 0.15) is 22.9 Å². The Labute approximate surface area is 143 Å². The number of rotatable bonds is 3. The number of nitro benzene ring substituents is 1. The summed E-state index contributed by atoms with van der Waals surface area (Å²) in [6.45, 7) is 0.805. The van der Waals surface area contributed by atoms with Crippen molar-refractivity contribution in [1.29, 1.82) is 0 Å². The van der Waals surface area contributed by atoms with E-state index in [2.05, 4.69) is 20.4 Å². The van der Waals surface area contributed by atoms with E-state index < -0.39 is 0 Å². The molecule has 0 bridgehead atoms. The van der Waals surface area contributed by atoms with Gasteiger partial charge in [-0.25, -0.2) is 4.68 Å². The second-order valence-electron chi connectivity index (χ2n) is 5.81. The quantitative estimate of drug-likeness (QED) is 0.583. The van der Waals surface area contributed by atoms with Crippen LogP contribution in [-0.2, 0) is 6.42 Å². The fourth-order valence-electron chi connectivity index (χ4n) is 3.10. The lowest BCUT2D eigenvalue weighted by molar-refractivity contribution is -0.384. The van der Waals surface area contributed by atoms with E-state index in [1.54, 1.807) is 41.5 Å². The molecule has 0 amide bonds. The third-order valence-corrected chi connectivity index (χ3v) is 4.24. The van der Waals surface area contributed by atoms with E-state index in [-0.39, 0.29) is 10.6 Å². The first-order valence-electron chi connectivity index (χ1n) is 8.11. The minimum Gasteiger partial charge on any atom is -0.370 e. The van der Waals surface area contributed by atoms with E-state index in [0.717, 1.165) is 42.9 Å². The van der Waals surface area contributed by atoms with Gasteiger partial charge in [0, 0.05) is 30.6 Å². The third kappa shape index (κ3) is 2.71. The van der Waals surface area contributed by atoms with Gasteiger partial charge < -0.3 is 5.32 Å². The molecule has 0 saturated carbocycles. The average Bonchev–Trinajstić information content (AvgIpc) is 2.83. The standard InChI is InChI=1S/C17H16N6O2/c24-23(25)15-7-2-1-6-14(15)22-17-12(5-3-4-8-20-17)16(21-22)13-11-18-9-10-19-13/h1-2,6-7,9-11,20H,3-5,8H2. The minimum atomic E-state index is -0.387. The number of fused-ring (bicyclic) bond motifs is 1. The summed E-state index contributed by atoms with van der Waals surface area (Å²) in [4.78, 5) is 19.5. The lowest BCUT2D eigenvalue weighted by Crippen LogP contribution is -2.08. The summed E-state index contributed by atoms with van der Waals surface area (Å²) < 4.78 is 1.63. The molecule has 3 heterocycles. The van der Waals surface area contributed by atoms with Crippen molar-refractivity contribution >= 4 is 11.5 Å². The molecule has 0 atom stereocenters. The predicted octanol–water partition coefficient (Wildman–Crippen LogP) is 2.99. The van der Waals surface area contributed by atoms with Gasteiger partial charge in [0.05, 0.1) is 11.1 Å². The summed E-state index contributed by atoms with van der Waals surface area (Å²) in [6, 6.07) is 6.62. The smallest absolute Gasteiger partial charge is 0.294 e. The monoisotopic (exact) mass is 336 g/mol. The Kier molecular flexibility index (Phi) is 3.85. The number of hydrogen-bond acceptors (Lipinski definition) is 6. The van der Waals surface area contributed by atoms with Gasteiger partial charge in [-0.15, -0.1) is 0 Å². The van der Waals surface area contributed by atoms with E-state index in [1.807, 2.05) is 0 Å². The SMILES string of the molecule is O=[N+]([O-])c1ccccc1-n1nc(-c2cnccn2)c2c1NCCCC2. The maximum absolute atomic E-state index is 11.4. The first-order valence-corrected chi connectivity index (χ1v) is 8.11. The molecule has 3 aromatic rings. The molecule has 1 aliphatic rings. The maximum atomic E-state index is 11.4. The summed E-state index contributed by atoms with van der Waals surface area (Å²) in [6.07, 6.45) is 7.79. The van der Waals surface area contributed by atoms with Gasteiger partial charge >= 0.3 is 0 Å². The largest absolute Gasteiger partial charge is 0.370 e. The molecule has 25 heavy (non-hydrogen) atoms. The number of aromatic nitrogens is 4. The molecule has 0 radical (unpaired) electrons. The Morgan fingerprint density at radius 3 is 2.88 bits per heavy atom. The normalized spacial score (nSPS) is 13.6. The third-order valence-electron chi connectivity index (χ3n) is 4.24. The highest BCUT2D eigenvalue weighted by Gasteiger charge is 2.25. The zero-order chi connectivity index (χ0) is 17.2. The molecule has 0 unspecified atom stereocenters. The molecule has 8 nitrogen and oxygen atoms in total. The fraction of sp³-hybridized carbons (Fsp3) is 0.235. The Balaban J connectivity index is 1.95. The Hall–Kier alpha value is -3.29. The van der Waals surface area contributed by atoms with Crippen LogP contribution in [0.5, 0.6) is 0 Å². The highest BCUT2D eigenvalue weighted by Crippen LogP contribution is 2.35.